The number of hydrogen-bond acceptors (Lipinski definition) is 8. The third-order valence-electron chi connectivity index (χ3n) is 5.09. The highest BCUT2D eigenvalue weighted by Crippen LogP contribution is 2.34. The topological polar surface area (TPSA) is 104 Å². The van der Waals surface area contributed by atoms with Crippen LogP contribution in [0.1, 0.15) is 40.9 Å². The van der Waals surface area contributed by atoms with Gasteiger partial charge < -0.3 is 14.0 Å². The van der Waals surface area contributed by atoms with Crippen LogP contribution < -0.4 is 5.32 Å². The smallest absolute Gasteiger partial charge is 0.412 e. The molecule has 2 heterocycles. The van der Waals surface area contributed by atoms with Gasteiger partial charge in [-0.05, 0) is 26.8 Å². The zero-order valence-corrected chi connectivity index (χ0v) is 20.8. The van der Waals surface area contributed by atoms with Crippen molar-refractivity contribution in [3.8, 4) is 21.9 Å². The molecule has 0 radical (unpaired) electrons. The van der Waals surface area contributed by atoms with E-state index in [2.05, 4.69) is 15.5 Å². The number of esters is 1. The van der Waals surface area contributed by atoms with Crippen LogP contribution >= 0.6 is 22.9 Å². The predicted molar refractivity (Wildman–Crippen MR) is 134 cm³/mol. The lowest BCUT2D eigenvalue weighted by atomic mass is 10.1. The maximum absolute atomic E-state index is 12.6. The Morgan fingerprint density at radius 3 is 2.57 bits per heavy atom. The van der Waals surface area contributed by atoms with Crippen LogP contribution in [0.2, 0.25) is 5.02 Å². The first kappa shape index (κ1) is 24.4. The largest absolute Gasteiger partial charge is 0.462 e. The van der Waals surface area contributed by atoms with E-state index in [9.17, 15) is 9.59 Å². The molecule has 0 fully saturated rings. The molecule has 0 saturated heterocycles. The van der Waals surface area contributed by atoms with Gasteiger partial charge in [-0.15, -0.1) is 11.3 Å². The number of aryl methyl sites for hydroxylation is 1. The van der Waals surface area contributed by atoms with Crippen LogP contribution in [0.4, 0.5) is 10.5 Å². The van der Waals surface area contributed by atoms with Crippen molar-refractivity contribution in [1.82, 2.24) is 10.1 Å². The molecule has 1 unspecified atom stereocenters. The summed E-state index contributed by atoms with van der Waals surface area (Å²) >= 11 is 7.45. The van der Waals surface area contributed by atoms with E-state index < -0.39 is 18.2 Å². The van der Waals surface area contributed by atoms with Gasteiger partial charge in [0, 0.05) is 21.7 Å². The van der Waals surface area contributed by atoms with Crippen molar-refractivity contribution < 1.29 is 23.6 Å². The molecule has 2 aromatic carbocycles. The average Bonchev–Trinajstić information content (AvgIpc) is 3.47. The van der Waals surface area contributed by atoms with Crippen molar-refractivity contribution in [1.29, 1.82) is 0 Å². The van der Waals surface area contributed by atoms with E-state index in [4.69, 9.17) is 25.6 Å². The number of benzene rings is 2. The van der Waals surface area contributed by atoms with Crippen molar-refractivity contribution in [2.75, 3.05) is 11.9 Å². The molecule has 0 aliphatic heterocycles. The van der Waals surface area contributed by atoms with Crippen LogP contribution in [0.5, 0.6) is 0 Å². The van der Waals surface area contributed by atoms with Crippen molar-refractivity contribution >= 4 is 40.7 Å². The summed E-state index contributed by atoms with van der Waals surface area (Å²) in [6, 6.07) is 14.5. The number of anilines is 1. The summed E-state index contributed by atoms with van der Waals surface area (Å²) in [7, 11) is 0. The van der Waals surface area contributed by atoms with Gasteiger partial charge in [0.15, 0.2) is 5.76 Å². The van der Waals surface area contributed by atoms with E-state index in [0.29, 0.717) is 49.8 Å². The fraction of sp³-hybridized carbons (Fsp3) is 0.200. The van der Waals surface area contributed by atoms with Crippen molar-refractivity contribution in [2.24, 2.45) is 0 Å². The summed E-state index contributed by atoms with van der Waals surface area (Å²) < 4.78 is 16.0. The zero-order chi connectivity index (χ0) is 24.9. The maximum atomic E-state index is 12.6. The first-order valence-electron chi connectivity index (χ1n) is 10.8. The second kappa shape index (κ2) is 10.7. The van der Waals surface area contributed by atoms with Crippen molar-refractivity contribution in [2.45, 2.75) is 26.9 Å². The Morgan fingerprint density at radius 1 is 1.14 bits per heavy atom. The van der Waals surface area contributed by atoms with E-state index in [1.165, 1.54) is 17.5 Å². The van der Waals surface area contributed by atoms with Crippen LogP contribution in [-0.4, -0.2) is 28.8 Å². The number of amides is 1. The maximum Gasteiger partial charge on any atom is 0.412 e. The van der Waals surface area contributed by atoms with Crippen LogP contribution in [0, 0.1) is 6.92 Å². The predicted octanol–water partition coefficient (Wildman–Crippen LogP) is 6.91. The van der Waals surface area contributed by atoms with Crippen LogP contribution in [0.3, 0.4) is 0 Å². The van der Waals surface area contributed by atoms with E-state index in [-0.39, 0.29) is 0 Å². The Morgan fingerprint density at radius 2 is 1.86 bits per heavy atom. The van der Waals surface area contributed by atoms with Gasteiger partial charge in [-0.25, -0.2) is 14.6 Å². The molecule has 2 aromatic heterocycles. The minimum Gasteiger partial charge on any atom is -0.462 e. The number of rotatable bonds is 7. The number of ether oxygens (including phenoxy) is 2. The molecule has 1 atom stereocenters. The molecule has 4 aromatic rings. The number of nitrogens with zero attached hydrogens (tertiary/aromatic N) is 2. The standard InChI is InChI=1S/C25H22ClN3O5S/c1-4-32-24(30)20-13-27-23(35-20)17-11-9-16(10-12-17)22-21(14(2)29-34-22)28-25(31)33-15(3)18-7-5-6-8-19(18)26/h5-13,15H,4H2,1-3H3,(H,28,31). The molecule has 10 heteroatoms. The third kappa shape index (κ3) is 5.52. The van der Waals surface area contributed by atoms with Crippen LogP contribution in [0.15, 0.2) is 59.3 Å². The van der Waals surface area contributed by atoms with E-state index in [1.54, 1.807) is 32.9 Å². The quantitative estimate of drug-likeness (QED) is 0.269. The second-order valence-corrected chi connectivity index (χ2v) is 8.93. The average molecular weight is 512 g/mol. The number of nitrogens with one attached hydrogen (secondary N) is 1. The van der Waals surface area contributed by atoms with Crippen LogP contribution in [-0.2, 0) is 9.47 Å². The van der Waals surface area contributed by atoms with Gasteiger partial charge in [-0.3, -0.25) is 5.32 Å². The molecule has 180 valence electrons. The number of aromatic nitrogens is 2. The molecule has 1 N–H and O–H groups in total. The van der Waals surface area contributed by atoms with Gasteiger partial charge >= 0.3 is 12.1 Å². The highest BCUT2D eigenvalue weighted by atomic mass is 35.5. The molecule has 8 nitrogen and oxygen atoms in total. The van der Waals surface area contributed by atoms with E-state index in [1.807, 2.05) is 36.4 Å². The van der Waals surface area contributed by atoms with Gasteiger partial charge in [-0.2, -0.15) is 0 Å². The second-order valence-electron chi connectivity index (χ2n) is 7.49. The Balaban J connectivity index is 1.49. The summed E-state index contributed by atoms with van der Waals surface area (Å²) in [4.78, 5) is 29.2. The molecule has 4 rings (SSSR count). The lowest BCUT2D eigenvalue weighted by molar-refractivity contribution is 0.0531. The number of carbonyl (C=O) groups excluding carboxylic acids is 2. The molecule has 0 spiro atoms. The Labute approximate surface area is 210 Å². The normalized spacial score (nSPS) is 11.7. The Kier molecular flexibility index (Phi) is 7.48. The highest BCUT2D eigenvalue weighted by Gasteiger charge is 2.21. The van der Waals surface area contributed by atoms with Gasteiger partial charge in [0.25, 0.3) is 0 Å². The number of halogens is 1. The molecule has 35 heavy (non-hydrogen) atoms. The van der Waals surface area contributed by atoms with E-state index in [0.717, 1.165) is 5.56 Å². The number of thiazole rings is 1. The summed E-state index contributed by atoms with van der Waals surface area (Å²) in [6.45, 7) is 5.53. The fourth-order valence-electron chi connectivity index (χ4n) is 3.34. The summed E-state index contributed by atoms with van der Waals surface area (Å²) in [5.41, 5.74) is 3.15. The molecule has 0 aliphatic carbocycles. The third-order valence-corrected chi connectivity index (χ3v) is 6.46. The molecule has 0 aliphatic rings. The van der Waals surface area contributed by atoms with Gasteiger partial charge in [-0.1, -0.05) is 59.2 Å². The van der Waals surface area contributed by atoms with Gasteiger partial charge in [0.2, 0.25) is 0 Å². The van der Waals surface area contributed by atoms with Crippen LogP contribution in [0.25, 0.3) is 21.9 Å². The van der Waals surface area contributed by atoms with Gasteiger partial charge in [0.05, 0.1) is 12.8 Å². The summed E-state index contributed by atoms with van der Waals surface area (Å²) in [5.74, 6) is -0.000732. The molecular formula is C25H22ClN3O5S. The molecular weight excluding hydrogens is 490 g/mol. The molecule has 0 saturated carbocycles. The lowest BCUT2D eigenvalue weighted by Gasteiger charge is -2.15. The Bertz CT molecular complexity index is 1350. The van der Waals surface area contributed by atoms with Crippen molar-refractivity contribution in [3.63, 3.8) is 0 Å². The molecule has 1 amide bonds. The Hall–Kier alpha value is -3.69. The summed E-state index contributed by atoms with van der Waals surface area (Å²) in [6.07, 6.45) is 0.295. The van der Waals surface area contributed by atoms with E-state index >= 15 is 0 Å². The minimum atomic E-state index is -0.657. The number of hydrogen-bond donors (Lipinski definition) is 1. The first-order chi connectivity index (χ1) is 16.9. The first-order valence-corrected chi connectivity index (χ1v) is 12.0. The number of carbonyl (C=O) groups is 2. The van der Waals surface area contributed by atoms with Gasteiger partial charge in [0.1, 0.15) is 27.4 Å². The lowest BCUT2D eigenvalue weighted by Crippen LogP contribution is -2.17. The monoisotopic (exact) mass is 511 g/mol. The SMILES string of the molecule is CCOC(=O)c1cnc(-c2ccc(-c3onc(C)c3NC(=O)OC(C)c3ccccc3Cl)cc2)s1. The minimum absolute atomic E-state index is 0.306. The van der Waals surface area contributed by atoms with Crippen molar-refractivity contribution in [3.05, 3.63) is 75.9 Å². The molecule has 0 bridgehead atoms. The summed E-state index contributed by atoms with van der Waals surface area (Å²) in [5, 5.41) is 7.92. The zero-order valence-electron chi connectivity index (χ0n) is 19.2. The fourth-order valence-corrected chi connectivity index (χ4v) is 4.45. The highest BCUT2D eigenvalue weighted by molar-refractivity contribution is 7.16.